The summed E-state index contributed by atoms with van der Waals surface area (Å²) in [7, 11) is 1.19. The predicted molar refractivity (Wildman–Crippen MR) is 94.4 cm³/mol. The normalized spacial score (nSPS) is 15.8. The smallest absolute Gasteiger partial charge is 0.333 e. The van der Waals surface area contributed by atoms with E-state index in [1.807, 2.05) is 13.8 Å². The SMILES string of the molecule is CCn1c(=O)n(CC(=O)OC)c(=O)c2c3c(cnc21)C(=O)CC(C)(C)C3. The van der Waals surface area contributed by atoms with Crippen LogP contribution < -0.4 is 11.2 Å². The molecule has 0 amide bonds. The Kier molecular flexibility index (Phi) is 4.29. The number of ether oxygens (including phenoxy) is 1. The van der Waals surface area contributed by atoms with Gasteiger partial charge in [0, 0.05) is 24.7 Å². The molecule has 0 saturated heterocycles. The zero-order valence-corrected chi connectivity index (χ0v) is 15.3. The van der Waals surface area contributed by atoms with Crippen molar-refractivity contribution in [1.82, 2.24) is 14.1 Å². The maximum absolute atomic E-state index is 13.0. The Balaban J connectivity index is 2.44. The fourth-order valence-electron chi connectivity index (χ4n) is 3.54. The van der Waals surface area contributed by atoms with Crippen molar-refractivity contribution < 1.29 is 14.3 Å². The molecule has 0 unspecified atom stereocenters. The Hall–Kier alpha value is -2.77. The van der Waals surface area contributed by atoms with Crippen molar-refractivity contribution in [1.29, 1.82) is 0 Å². The number of nitrogens with zero attached hydrogens (tertiary/aromatic N) is 3. The Morgan fingerprint density at radius 3 is 2.54 bits per heavy atom. The molecule has 0 bridgehead atoms. The third-order valence-corrected chi connectivity index (χ3v) is 4.77. The maximum atomic E-state index is 13.0. The maximum Gasteiger partial charge on any atom is 0.333 e. The van der Waals surface area contributed by atoms with Gasteiger partial charge in [0.2, 0.25) is 0 Å². The van der Waals surface area contributed by atoms with Crippen molar-refractivity contribution in [3.05, 3.63) is 38.2 Å². The van der Waals surface area contributed by atoms with Gasteiger partial charge in [0.15, 0.2) is 5.78 Å². The lowest BCUT2D eigenvalue weighted by Gasteiger charge is -2.30. The summed E-state index contributed by atoms with van der Waals surface area (Å²) in [6.07, 6.45) is 2.34. The number of carbonyl (C=O) groups is 2. The van der Waals surface area contributed by atoms with Crippen LogP contribution in [0.15, 0.2) is 15.8 Å². The van der Waals surface area contributed by atoms with Gasteiger partial charge in [-0.2, -0.15) is 0 Å². The number of hydrogen-bond donors (Lipinski definition) is 0. The fraction of sp³-hybridized carbons (Fsp3) is 0.500. The number of ketones is 1. The summed E-state index contributed by atoms with van der Waals surface area (Å²) < 4.78 is 6.79. The van der Waals surface area contributed by atoms with E-state index in [1.165, 1.54) is 17.9 Å². The average Bonchev–Trinajstić information content (AvgIpc) is 2.57. The zero-order chi connectivity index (χ0) is 19.2. The number of fused-ring (bicyclic) bond motifs is 3. The largest absolute Gasteiger partial charge is 0.468 e. The summed E-state index contributed by atoms with van der Waals surface area (Å²) in [4.78, 5) is 54.1. The highest BCUT2D eigenvalue weighted by atomic mass is 16.5. The minimum Gasteiger partial charge on any atom is -0.468 e. The van der Waals surface area contributed by atoms with Crippen molar-refractivity contribution in [2.24, 2.45) is 5.41 Å². The molecule has 0 aliphatic heterocycles. The molecule has 8 nitrogen and oxygen atoms in total. The van der Waals surface area contributed by atoms with Gasteiger partial charge in [0.25, 0.3) is 5.56 Å². The van der Waals surface area contributed by atoms with E-state index in [-0.39, 0.29) is 28.8 Å². The molecule has 8 heteroatoms. The Bertz CT molecular complexity index is 1050. The first kappa shape index (κ1) is 18.0. The van der Waals surface area contributed by atoms with Gasteiger partial charge in [-0.1, -0.05) is 13.8 Å². The third kappa shape index (κ3) is 2.75. The number of esters is 1. The molecule has 0 aromatic carbocycles. The Morgan fingerprint density at radius 2 is 1.92 bits per heavy atom. The summed E-state index contributed by atoms with van der Waals surface area (Å²) in [5.41, 5.74) is -0.278. The molecule has 26 heavy (non-hydrogen) atoms. The van der Waals surface area contributed by atoms with Gasteiger partial charge in [-0.15, -0.1) is 0 Å². The molecule has 138 valence electrons. The van der Waals surface area contributed by atoms with E-state index in [0.29, 0.717) is 24.0 Å². The number of aromatic nitrogens is 3. The van der Waals surface area contributed by atoms with Crippen LogP contribution in [-0.2, 0) is 29.0 Å². The van der Waals surface area contributed by atoms with Crippen molar-refractivity contribution in [2.45, 2.75) is 46.7 Å². The number of rotatable bonds is 3. The van der Waals surface area contributed by atoms with Crippen LogP contribution >= 0.6 is 0 Å². The Labute approximate surface area is 149 Å². The number of pyridine rings is 1. The zero-order valence-electron chi connectivity index (χ0n) is 15.3. The molecule has 0 fully saturated rings. The van der Waals surface area contributed by atoms with E-state index >= 15 is 0 Å². The third-order valence-electron chi connectivity index (χ3n) is 4.77. The van der Waals surface area contributed by atoms with E-state index in [0.717, 1.165) is 4.57 Å². The van der Waals surface area contributed by atoms with Gasteiger partial charge in [-0.25, -0.2) is 14.3 Å². The first-order chi connectivity index (χ1) is 12.2. The molecule has 1 aliphatic rings. The standard InChI is InChI=1S/C18H21N3O5/c1-5-20-15-14(16(24)21(17(20)25)9-13(23)26-4)10-6-18(2,3)7-12(22)11(10)8-19-15/h8H,5-7,9H2,1-4H3. The van der Waals surface area contributed by atoms with Crippen molar-refractivity contribution >= 4 is 22.8 Å². The van der Waals surface area contributed by atoms with Gasteiger partial charge >= 0.3 is 11.7 Å². The number of aryl methyl sites for hydroxylation is 1. The molecular formula is C18H21N3O5. The quantitative estimate of drug-likeness (QED) is 0.755. The van der Waals surface area contributed by atoms with Crippen molar-refractivity contribution in [3.8, 4) is 0 Å². The lowest BCUT2D eigenvalue weighted by Crippen LogP contribution is -2.43. The van der Waals surface area contributed by atoms with E-state index in [1.54, 1.807) is 6.92 Å². The van der Waals surface area contributed by atoms with Crippen LogP contribution in [0.5, 0.6) is 0 Å². The molecule has 2 heterocycles. The summed E-state index contributed by atoms with van der Waals surface area (Å²) >= 11 is 0. The molecule has 2 aromatic heterocycles. The van der Waals surface area contributed by atoms with Crippen molar-refractivity contribution in [2.75, 3.05) is 7.11 Å². The molecule has 0 spiro atoms. The molecule has 1 aliphatic carbocycles. The summed E-state index contributed by atoms with van der Waals surface area (Å²) in [5, 5.41) is 0.231. The molecule has 3 rings (SSSR count). The summed E-state index contributed by atoms with van der Waals surface area (Å²) in [6, 6.07) is 0. The highest BCUT2D eigenvalue weighted by Crippen LogP contribution is 2.36. The minimum atomic E-state index is -0.694. The van der Waals surface area contributed by atoms with Crippen LogP contribution in [0, 0.1) is 5.41 Å². The molecule has 0 N–H and O–H groups in total. The fourth-order valence-corrected chi connectivity index (χ4v) is 3.54. The van der Waals surface area contributed by atoms with E-state index in [9.17, 15) is 19.2 Å². The first-order valence-electron chi connectivity index (χ1n) is 8.45. The number of carbonyl (C=O) groups excluding carboxylic acids is 2. The Morgan fingerprint density at radius 1 is 1.23 bits per heavy atom. The predicted octanol–water partition coefficient (Wildman–Crippen LogP) is 0.906. The second-order valence-electron chi connectivity index (χ2n) is 7.28. The lowest BCUT2D eigenvalue weighted by atomic mass is 9.73. The minimum absolute atomic E-state index is 0.0705. The molecule has 0 saturated carbocycles. The van der Waals surface area contributed by atoms with Gasteiger partial charge in [0.1, 0.15) is 12.2 Å². The van der Waals surface area contributed by atoms with Crippen LogP contribution in [0.4, 0.5) is 0 Å². The second-order valence-corrected chi connectivity index (χ2v) is 7.28. The average molecular weight is 359 g/mol. The van der Waals surface area contributed by atoms with Crippen molar-refractivity contribution in [3.63, 3.8) is 0 Å². The second kappa shape index (κ2) is 6.19. The lowest BCUT2D eigenvalue weighted by molar-refractivity contribution is -0.141. The highest BCUT2D eigenvalue weighted by molar-refractivity contribution is 6.02. The number of methoxy groups -OCH3 is 1. The van der Waals surface area contributed by atoms with Crippen LogP contribution in [0.25, 0.3) is 11.0 Å². The number of hydrogen-bond acceptors (Lipinski definition) is 6. The number of Topliss-reactive ketones (excluding diaryl/α,β-unsaturated/α-hetero) is 1. The summed E-state index contributed by atoms with van der Waals surface area (Å²) in [5.74, 6) is -0.765. The van der Waals surface area contributed by atoms with E-state index < -0.39 is 23.8 Å². The monoisotopic (exact) mass is 359 g/mol. The molecule has 2 aromatic rings. The van der Waals surface area contributed by atoms with Gasteiger partial charge < -0.3 is 4.74 Å². The van der Waals surface area contributed by atoms with Crippen LogP contribution in [-0.4, -0.2) is 33.0 Å². The van der Waals surface area contributed by atoms with Crippen LogP contribution in [0.2, 0.25) is 0 Å². The van der Waals surface area contributed by atoms with E-state index in [4.69, 9.17) is 0 Å². The first-order valence-corrected chi connectivity index (χ1v) is 8.45. The summed E-state index contributed by atoms with van der Waals surface area (Å²) in [6.45, 7) is 5.47. The van der Waals surface area contributed by atoms with Crippen LogP contribution in [0.1, 0.15) is 43.1 Å². The molecule has 0 radical (unpaired) electrons. The highest BCUT2D eigenvalue weighted by Gasteiger charge is 2.34. The molecule has 0 atom stereocenters. The van der Waals surface area contributed by atoms with Gasteiger partial charge in [0.05, 0.1) is 12.5 Å². The van der Waals surface area contributed by atoms with E-state index in [2.05, 4.69) is 9.72 Å². The van der Waals surface area contributed by atoms with Gasteiger partial charge in [-0.3, -0.25) is 19.0 Å². The van der Waals surface area contributed by atoms with Gasteiger partial charge in [-0.05, 0) is 24.3 Å². The molecular weight excluding hydrogens is 338 g/mol. The topological polar surface area (TPSA) is 100 Å². The van der Waals surface area contributed by atoms with Crippen LogP contribution in [0.3, 0.4) is 0 Å².